The molecule has 0 radical (unpaired) electrons. The van der Waals surface area contributed by atoms with Crippen molar-refractivity contribution in [1.29, 1.82) is 0 Å². The summed E-state index contributed by atoms with van der Waals surface area (Å²) in [5, 5.41) is 0. The van der Waals surface area contributed by atoms with Gasteiger partial charge < -0.3 is 14.4 Å². The number of likely N-dealkylation sites (tertiary alicyclic amines) is 1. The number of anilines is 1. The molecule has 0 unspecified atom stereocenters. The Morgan fingerprint density at radius 2 is 1.90 bits per heavy atom. The number of imide groups is 1. The van der Waals surface area contributed by atoms with Crippen LogP contribution in [-0.4, -0.2) is 43.5 Å². The summed E-state index contributed by atoms with van der Waals surface area (Å²) in [6.45, 7) is 4.87. The van der Waals surface area contributed by atoms with Crippen LogP contribution in [0.25, 0.3) is 6.08 Å². The lowest BCUT2D eigenvalue weighted by atomic mass is 10.1. The topological polar surface area (TPSA) is 59.1 Å². The molecule has 1 fully saturated rings. The van der Waals surface area contributed by atoms with Crippen LogP contribution in [0.2, 0.25) is 0 Å². The highest BCUT2D eigenvalue weighted by molar-refractivity contribution is 6.02. The molecule has 31 heavy (non-hydrogen) atoms. The number of nitrogens with zero attached hydrogens (tertiary/aromatic N) is 2. The van der Waals surface area contributed by atoms with Crippen molar-refractivity contribution in [3.8, 4) is 11.5 Å². The Balaban J connectivity index is 1.46. The zero-order valence-electron chi connectivity index (χ0n) is 18.1. The van der Waals surface area contributed by atoms with Gasteiger partial charge in [-0.15, -0.1) is 0 Å². The number of methoxy groups -OCH3 is 1. The smallest absolute Gasteiger partial charge is 0.229 e. The van der Waals surface area contributed by atoms with Gasteiger partial charge in [0.15, 0.2) is 0 Å². The fourth-order valence-electron chi connectivity index (χ4n) is 4.08. The number of fused-ring (bicyclic) bond motifs is 1. The van der Waals surface area contributed by atoms with Gasteiger partial charge in [-0.05, 0) is 42.3 Å². The number of hydrogen-bond acceptors (Lipinski definition) is 5. The van der Waals surface area contributed by atoms with Crippen molar-refractivity contribution in [1.82, 2.24) is 4.90 Å². The Morgan fingerprint density at radius 3 is 2.65 bits per heavy atom. The van der Waals surface area contributed by atoms with E-state index < -0.39 is 0 Å². The van der Waals surface area contributed by atoms with E-state index in [4.69, 9.17) is 9.47 Å². The molecule has 1 saturated heterocycles. The average molecular weight is 421 g/mol. The van der Waals surface area contributed by atoms with Gasteiger partial charge in [-0.25, -0.2) is 0 Å². The van der Waals surface area contributed by atoms with Gasteiger partial charge in [0, 0.05) is 50.1 Å². The minimum Gasteiger partial charge on any atom is -0.496 e. The second-order valence-electron chi connectivity index (χ2n) is 7.78. The molecule has 2 aromatic carbocycles. The molecule has 162 valence electrons. The maximum absolute atomic E-state index is 11.7. The van der Waals surface area contributed by atoms with Gasteiger partial charge in [0.2, 0.25) is 11.8 Å². The molecule has 0 N–H and O–H groups in total. The molecule has 0 aromatic heterocycles. The molecule has 2 aliphatic rings. The molecule has 0 atom stereocenters. The lowest BCUT2D eigenvalue weighted by Gasteiger charge is -2.24. The Morgan fingerprint density at radius 1 is 1.10 bits per heavy atom. The summed E-state index contributed by atoms with van der Waals surface area (Å²) in [7, 11) is 1.65. The molecule has 0 bridgehead atoms. The van der Waals surface area contributed by atoms with Crippen molar-refractivity contribution < 1.29 is 19.1 Å². The molecule has 2 aromatic rings. The van der Waals surface area contributed by atoms with Crippen LogP contribution in [-0.2, 0) is 22.6 Å². The maximum atomic E-state index is 11.7. The standard InChI is InChI=1S/C25H28N2O4/c1-3-26(21-8-9-22-20(16-21)12-14-31-22)17-18-6-7-19(23(15-18)30-2)5-4-13-27-24(28)10-11-25(27)29/h4-9,15-16H,3,10-14,17H2,1-2H3/b5-4+. The summed E-state index contributed by atoms with van der Waals surface area (Å²) < 4.78 is 11.2. The van der Waals surface area contributed by atoms with E-state index in [-0.39, 0.29) is 11.8 Å². The van der Waals surface area contributed by atoms with Crippen molar-refractivity contribution in [2.75, 3.05) is 31.7 Å². The largest absolute Gasteiger partial charge is 0.496 e. The van der Waals surface area contributed by atoms with E-state index in [2.05, 4.69) is 36.1 Å². The van der Waals surface area contributed by atoms with Crippen LogP contribution in [0.15, 0.2) is 42.5 Å². The third-order valence-electron chi connectivity index (χ3n) is 5.83. The zero-order chi connectivity index (χ0) is 21.8. The Bertz CT molecular complexity index is 999. The highest BCUT2D eigenvalue weighted by atomic mass is 16.5. The Hall–Kier alpha value is -3.28. The number of amides is 2. The molecular formula is C25H28N2O4. The van der Waals surface area contributed by atoms with Gasteiger partial charge >= 0.3 is 0 Å². The number of carbonyl (C=O) groups excluding carboxylic acids is 2. The Labute approximate surface area is 183 Å². The van der Waals surface area contributed by atoms with Crippen LogP contribution < -0.4 is 14.4 Å². The molecule has 2 heterocycles. The van der Waals surface area contributed by atoms with Crippen molar-refractivity contribution in [3.63, 3.8) is 0 Å². The first-order valence-corrected chi connectivity index (χ1v) is 10.8. The van der Waals surface area contributed by atoms with Gasteiger partial charge in [0.05, 0.1) is 13.7 Å². The van der Waals surface area contributed by atoms with Gasteiger partial charge in [0.1, 0.15) is 11.5 Å². The zero-order valence-corrected chi connectivity index (χ0v) is 18.1. The average Bonchev–Trinajstić information content (AvgIpc) is 3.38. The fourth-order valence-corrected chi connectivity index (χ4v) is 4.08. The summed E-state index contributed by atoms with van der Waals surface area (Å²) in [6, 6.07) is 12.6. The summed E-state index contributed by atoms with van der Waals surface area (Å²) in [4.78, 5) is 27.1. The lowest BCUT2D eigenvalue weighted by Crippen LogP contribution is -2.28. The molecular weight excluding hydrogens is 392 g/mol. The quantitative estimate of drug-likeness (QED) is 0.608. The third kappa shape index (κ3) is 4.58. The van der Waals surface area contributed by atoms with Crippen molar-refractivity contribution >= 4 is 23.6 Å². The van der Waals surface area contributed by atoms with Crippen molar-refractivity contribution in [2.24, 2.45) is 0 Å². The van der Waals surface area contributed by atoms with Gasteiger partial charge in [-0.1, -0.05) is 24.3 Å². The molecule has 2 aliphatic heterocycles. The first-order valence-electron chi connectivity index (χ1n) is 10.8. The van der Waals surface area contributed by atoms with Gasteiger partial charge in [0.25, 0.3) is 0 Å². The maximum Gasteiger partial charge on any atom is 0.229 e. The SMILES string of the molecule is CCN(Cc1ccc(/C=C/CN2C(=O)CCC2=O)c(OC)c1)c1ccc2c(c1)CCO2. The minimum absolute atomic E-state index is 0.102. The van der Waals surface area contributed by atoms with Crippen LogP contribution in [0.5, 0.6) is 11.5 Å². The van der Waals surface area contributed by atoms with E-state index in [1.807, 2.05) is 24.3 Å². The second kappa shape index (κ2) is 9.25. The fraction of sp³-hybridized carbons (Fsp3) is 0.360. The molecule has 6 heteroatoms. The molecule has 0 spiro atoms. The van der Waals surface area contributed by atoms with Gasteiger partial charge in [-0.3, -0.25) is 14.5 Å². The monoisotopic (exact) mass is 420 g/mol. The highest BCUT2D eigenvalue weighted by Gasteiger charge is 2.27. The van der Waals surface area contributed by atoms with Crippen molar-refractivity contribution in [3.05, 3.63) is 59.2 Å². The number of benzene rings is 2. The molecule has 2 amide bonds. The van der Waals surface area contributed by atoms with E-state index in [9.17, 15) is 9.59 Å². The molecule has 0 aliphatic carbocycles. The van der Waals surface area contributed by atoms with E-state index in [0.717, 1.165) is 48.7 Å². The first-order chi connectivity index (χ1) is 15.1. The second-order valence-corrected chi connectivity index (χ2v) is 7.78. The van der Waals surface area contributed by atoms with E-state index in [1.165, 1.54) is 16.2 Å². The van der Waals surface area contributed by atoms with Crippen LogP contribution >= 0.6 is 0 Å². The van der Waals surface area contributed by atoms with Crippen LogP contribution in [0.1, 0.15) is 36.5 Å². The predicted molar refractivity (Wildman–Crippen MR) is 120 cm³/mol. The summed E-state index contributed by atoms with van der Waals surface area (Å²) in [5.74, 6) is 1.56. The summed E-state index contributed by atoms with van der Waals surface area (Å²) in [5.41, 5.74) is 4.53. The summed E-state index contributed by atoms with van der Waals surface area (Å²) in [6.07, 6.45) is 5.33. The van der Waals surface area contributed by atoms with Crippen molar-refractivity contribution in [2.45, 2.75) is 32.7 Å². The van der Waals surface area contributed by atoms with E-state index in [1.54, 1.807) is 7.11 Å². The highest BCUT2D eigenvalue weighted by Crippen LogP contribution is 2.31. The first kappa shape index (κ1) is 21.0. The third-order valence-corrected chi connectivity index (χ3v) is 5.83. The molecule has 0 saturated carbocycles. The number of ether oxygens (including phenoxy) is 2. The predicted octanol–water partition coefficient (Wildman–Crippen LogP) is 3.82. The van der Waals surface area contributed by atoms with Crippen LogP contribution in [0, 0.1) is 0 Å². The normalized spacial score (nSPS) is 15.5. The summed E-state index contributed by atoms with van der Waals surface area (Å²) >= 11 is 0. The van der Waals surface area contributed by atoms with Gasteiger partial charge in [-0.2, -0.15) is 0 Å². The van der Waals surface area contributed by atoms with Crippen LogP contribution in [0.4, 0.5) is 5.69 Å². The van der Waals surface area contributed by atoms with E-state index >= 15 is 0 Å². The number of hydrogen-bond donors (Lipinski definition) is 0. The molecule has 6 nitrogen and oxygen atoms in total. The lowest BCUT2D eigenvalue weighted by molar-refractivity contribution is -0.137. The minimum atomic E-state index is -0.102. The molecule has 4 rings (SSSR count). The Kier molecular flexibility index (Phi) is 6.26. The number of carbonyl (C=O) groups is 2. The van der Waals surface area contributed by atoms with Crippen LogP contribution in [0.3, 0.4) is 0 Å². The number of rotatable bonds is 8. The van der Waals surface area contributed by atoms with E-state index in [0.29, 0.717) is 19.4 Å².